The van der Waals surface area contributed by atoms with Gasteiger partial charge in [-0.25, -0.2) is 0 Å². The minimum absolute atomic E-state index is 0.0149. The average molecular weight is 310 g/mol. The zero-order valence-electron chi connectivity index (χ0n) is 11.1. The van der Waals surface area contributed by atoms with Crippen molar-refractivity contribution >= 4 is 23.4 Å². The predicted octanol–water partition coefficient (Wildman–Crippen LogP) is 3.65. The first kappa shape index (κ1) is 14.1. The summed E-state index contributed by atoms with van der Waals surface area (Å²) in [6.07, 6.45) is 2.97. The van der Waals surface area contributed by atoms with E-state index in [1.165, 1.54) is 0 Å². The van der Waals surface area contributed by atoms with Gasteiger partial charge in [0.2, 0.25) is 0 Å². The second-order valence-electron chi connectivity index (χ2n) is 5.29. The fourth-order valence-electron chi connectivity index (χ4n) is 2.84. The van der Waals surface area contributed by atoms with Gasteiger partial charge in [0.1, 0.15) is 23.5 Å². The molecular formula is C15H16ClNO2S. The summed E-state index contributed by atoms with van der Waals surface area (Å²) in [5, 5.41) is 9.64. The van der Waals surface area contributed by atoms with Gasteiger partial charge in [-0.15, -0.1) is 0 Å². The van der Waals surface area contributed by atoms with E-state index in [0.717, 1.165) is 37.4 Å². The van der Waals surface area contributed by atoms with E-state index in [1.807, 2.05) is 23.9 Å². The smallest absolute Gasteiger partial charge is 0.139 e. The van der Waals surface area contributed by atoms with Crippen LogP contribution in [0.15, 0.2) is 18.2 Å². The molecule has 20 heavy (non-hydrogen) atoms. The van der Waals surface area contributed by atoms with Crippen LogP contribution in [-0.2, 0) is 4.74 Å². The molecule has 2 aliphatic heterocycles. The number of rotatable bonds is 2. The Morgan fingerprint density at radius 3 is 3.15 bits per heavy atom. The maximum atomic E-state index is 9.19. The molecule has 3 nitrogen and oxygen atoms in total. The number of hydrogen-bond acceptors (Lipinski definition) is 4. The molecule has 0 amide bonds. The molecule has 106 valence electrons. The predicted molar refractivity (Wildman–Crippen MR) is 80.4 cm³/mol. The van der Waals surface area contributed by atoms with Crippen LogP contribution in [0, 0.1) is 11.3 Å². The van der Waals surface area contributed by atoms with Gasteiger partial charge < -0.3 is 9.47 Å². The van der Waals surface area contributed by atoms with Crippen LogP contribution >= 0.6 is 23.4 Å². The van der Waals surface area contributed by atoms with Crippen molar-refractivity contribution in [2.24, 2.45) is 0 Å². The van der Waals surface area contributed by atoms with E-state index in [0.29, 0.717) is 16.3 Å². The first-order chi connectivity index (χ1) is 9.72. The lowest BCUT2D eigenvalue weighted by Crippen LogP contribution is -2.43. The maximum Gasteiger partial charge on any atom is 0.139 e. The zero-order valence-corrected chi connectivity index (χ0v) is 12.7. The van der Waals surface area contributed by atoms with Crippen molar-refractivity contribution in [3.63, 3.8) is 0 Å². The Kier molecular flexibility index (Phi) is 4.11. The average Bonchev–Trinajstić information content (AvgIpc) is 2.87. The van der Waals surface area contributed by atoms with E-state index in [-0.39, 0.29) is 11.7 Å². The third-order valence-corrected chi connectivity index (χ3v) is 5.43. The molecule has 2 aliphatic rings. The standard InChI is InChI=1S/C15H16ClNO2S/c16-13-2-1-3-14(12(13)9-17)19-11-4-6-18-15(8-11)5-7-20-10-15/h1-3,11H,4-8,10H2. The Morgan fingerprint density at radius 1 is 1.50 bits per heavy atom. The highest BCUT2D eigenvalue weighted by Gasteiger charge is 2.41. The summed E-state index contributed by atoms with van der Waals surface area (Å²) in [6.45, 7) is 0.730. The molecule has 0 radical (unpaired) electrons. The second kappa shape index (κ2) is 5.85. The van der Waals surface area contributed by atoms with Crippen LogP contribution in [-0.4, -0.2) is 29.8 Å². The monoisotopic (exact) mass is 309 g/mol. The van der Waals surface area contributed by atoms with Gasteiger partial charge in [-0.3, -0.25) is 0 Å². The minimum Gasteiger partial charge on any atom is -0.489 e. The molecule has 2 unspecified atom stereocenters. The fraction of sp³-hybridized carbons (Fsp3) is 0.533. The van der Waals surface area contributed by atoms with Gasteiger partial charge in [0, 0.05) is 18.6 Å². The molecule has 1 aromatic rings. The lowest BCUT2D eigenvalue weighted by atomic mass is 9.91. The molecule has 2 fully saturated rings. The highest BCUT2D eigenvalue weighted by Crippen LogP contribution is 2.39. The van der Waals surface area contributed by atoms with E-state index in [2.05, 4.69) is 6.07 Å². The van der Waals surface area contributed by atoms with Crippen molar-refractivity contribution in [1.29, 1.82) is 5.26 Å². The van der Waals surface area contributed by atoms with Gasteiger partial charge in [0.15, 0.2) is 0 Å². The SMILES string of the molecule is N#Cc1c(Cl)cccc1OC1CCOC2(CCSC2)C1. The summed E-state index contributed by atoms with van der Waals surface area (Å²) in [5.41, 5.74) is 0.411. The van der Waals surface area contributed by atoms with Crippen molar-refractivity contribution in [3.8, 4) is 11.8 Å². The van der Waals surface area contributed by atoms with E-state index in [4.69, 9.17) is 21.1 Å². The molecule has 1 spiro atoms. The normalized spacial score (nSPS) is 29.3. The van der Waals surface area contributed by atoms with Crippen molar-refractivity contribution in [3.05, 3.63) is 28.8 Å². The first-order valence-corrected chi connectivity index (χ1v) is 8.33. The quantitative estimate of drug-likeness (QED) is 0.836. The highest BCUT2D eigenvalue weighted by molar-refractivity contribution is 7.99. The Bertz CT molecular complexity index is 537. The van der Waals surface area contributed by atoms with Gasteiger partial charge in [0.25, 0.3) is 0 Å². The molecule has 0 bridgehead atoms. The molecule has 0 saturated carbocycles. The van der Waals surface area contributed by atoms with E-state index in [1.54, 1.807) is 6.07 Å². The largest absolute Gasteiger partial charge is 0.489 e. The lowest BCUT2D eigenvalue weighted by molar-refractivity contribution is -0.0959. The molecule has 5 heteroatoms. The summed E-state index contributed by atoms with van der Waals surface area (Å²) in [4.78, 5) is 0. The summed E-state index contributed by atoms with van der Waals surface area (Å²) < 4.78 is 12.0. The summed E-state index contributed by atoms with van der Waals surface area (Å²) in [6, 6.07) is 7.47. The number of ether oxygens (including phenoxy) is 2. The maximum absolute atomic E-state index is 9.19. The highest BCUT2D eigenvalue weighted by atomic mass is 35.5. The second-order valence-corrected chi connectivity index (χ2v) is 6.80. The first-order valence-electron chi connectivity index (χ1n) is 6.79. The van der Waals surface area contributed by atoms with Gasteiger partial charge >= 0.3 is 0 Å². The molecule has 3 rings (SSSR count). The number of nitrogens with zero attached hydrogens (tertiary/aromatic N) is 1. The van der Waals surface area contributed by atoms with Gasteiger partial charge in [0.05, 0.1) is 17.2 Å². The number of halogens is 1. The van der Waals surface area contributed by atoms with Crippen molar-refractivity contribution < 1.29 is 9.47 Å². The van der Waals surface area contributed by atoms with Crippen LogP contribution in [0.2, 0.25) is 5.02 Å². The van der Waals surface area contributed by atoms with Crippen LogP contribution < -0.4 is 4.74 Å². The van der Waals surface area contributed by atoms with Gasteiger partial charge in [-0.05, 0) is 24.3 Å². The third-order valence-electron chi connectivity index (χ3n) is 3.90. The Morgan fingerprint density at radius 2 is 2.40 bits per heavy atom. The van der Waals surface area contributed by atoms with Crippen molar-refractivity contribution in [1.82, 2.24) is 0 Å². The number of benzene rings is 1. The molecule has 1 aromatic carbocycles. The van der Waals surface area contributed by atoms with Crippen LogP contribution in [0.5, 0.6) is 5.75 Å². The van der Waals surface area contributed by atoms with Crippen LogP contribution in [0.4, 0.5) is 0 Å². The van der Waals surface area contributed by atoms with Gasteiger partial charge in [-0.2, -0.15) is 17.0 Å². The Labute approximate surface area is 128 Å². The topological polar surface area (TPSA) is 42.2 Å². The number of thioether (sulfide) groups is 1. The van der Waals surface area contributed by atoms with Crippen LogP contribution in [0.3, 0.4) is 0 Å². The molecule has 0 aromatic heterocycles. The molecule has 0 aliphatic carbocycles. The van der Waals surface area contributed by atoms with Crippen molar-refractivity contribution in [2.45, 2.75) is 31.0 Å². The third kappa shape index (κ3) is 2.76. The minimum atomic E-state index is -0.0149. The lowest BCUT2D eigenvalue weighted by Gasteiger charge is -2.37. The van der Waals surface area contributed by atoms with E-state index in [9.17, 15) is 5.26 Å². The van der Waals surface area contributed by atoms with E-state index >= 15 is 0 Å². The summed E-state index contributed by atoms with van der Waals surface area (Å²) >= 11 is 7.98. The van der Waals surface area contributed by atoms with Crippen LogP contribution in [0.25, 0.3) is 0 Å². The number of hydrogen-bond donors (Lipinski definition) is 0. The number of nitriles is 1. The van der Waals surface area contributed by atoms with E-state index < -0.39 is 0 Å². The van der Waals surface area contributed by atoms with Crippen molar-refractivity contribution in [2.75, 3.05) is 18.1 Å². The zero-order chi connectivity index (χ0) is 14.0. The molecule has 0 N–H and O–H groups in total. The molecule has 2 saturated heterocycles. The molecular weight excluding hydrogens is 294 g/mol. The summed E-state index contributed by atoms with van der Waals surface area (Å²) in [5.74, 6) is 2.80. The molecule has 2 atom stereocenters. The summed E-state index contributed by atoms with van der Waals surface area (Å²) in [7, 11) is 0. The molecule has 2 heterocycles. The van der Waals surface area contributed by atoms with Gasteiger partial charge in [-0.1, -0.05) is 17.7 Å². The Hall–Kier alpha value is -0.890. The van der Waals surface area contributed by atoms with Crippen LogP contribution in [0.1, 0.15) is 24.8 Å². The fourth-order valence-corrected chi connectivity index (χ4v) is 4.42. The Balaban J connectivity index is 1.75.